The van der Waals surface area contributed by atoms with Gasteiger partial charge in [-0.25, -0.2) is 4.79 Å². The summed E-state index contributed by atoms with van der Waals surface area (Å²) < 4.78 is 4.61. The van der Waals surface area contributed by atoms with Crippen LogP contribution < -0.4 is 5.32 Å². The second-order valence-electron chi connectivity index (χ2n) is 5.28. The number of fused-ring (bicyclic) bond motifs is 1. The monoisotopic (exact) mass is 411 g/mol. The fourth-order valence-electron chi connectivity index (χ4n) is 2.34. The molecule has 0 radical (unpaired) electrons. The van der Waals surface area contributed by atoms with Crippen LogP contribution in [0.15, 0.2) is 36.4 Å². The number of nitriles is 2. The summed E-state index contributed by atoms with van der Waals surface area (Å²) in [5.41, 5.74) is 3.84. The molecule has 6 nitrogen and oxygen atoms in total. The molecule has 0 unspecified atom stereocenters. The van der Waals surface area contributed by atoms with E-state index in [4.69, 9.17) is 10.5 Å². The number of ether oxygens (including phenoxy) is 1. The zero-order valence-corrected chi connectivity index (χ0v) is 15.5. The molecule has 1 N–H and O–H groups in total. The van der Waals surface area contributed by atoms with Crippen LogP contribution in [0.5, 0.6) is 0 Å². The van der Waals surface area contributed by atoms with Crippen molar-refractivity contribution in [2.24, 2.45) is 0 Å². The smallest absolute Gasteiger partial charge is 0.338 e. The fourth-order valence-corrected chi connectivity index (χ4v) is 2.83. The van der Waals surface area contributed by atoms with Crippen molar-refractivity contribution in [3.8, 4) is 12.1 Å². The SMILES string of the molecule is COC(=O)c1cc(C#N)ccc1CBr.N#Cc1ccc2c(c1)C(=O)NC2. The average molecular weight is 412 g/mol. The van der Waals surface area contributed by atoms with Gasteiger partial charge in [-0.1, -0.05) is 28.1 Å². The lowest BCUT2D eigenvalue weighted by atomic mass is 10.1. The number of nitrogens with one attached hydrogen (secondary N) is 1. The lowest BCUT2D eigenvalue weighted by Gasteiger charge is -2.04. The number of amides is 1. The molecule has 1 aliphatic rings. The number of nitrogens with zero attached hydrogens (tertiary/aromatic N) is 2. The molecule has 1 aliphatic heterocycles. The van der Waals surface area contributed by atoms with Gasteiger partial charge in [-0.2, -0.15) is 10.5 Å². The Kier molecular flexibility index (Phi) is 6.48. The molecule has 26 heavy (non-hydrogen) atoms. The molecule has 0 aromatic heterocycles. The Balaban J connectivity index is 0.000000189. The highest BCUT2D eigenvalue weighted by atomic mass is 79.9. The third kappa shape index (κ3) is 4.27. The number of benzene rings is 2. The van der Waals surface area contributed by atoms with Crippen LogP contribution in [0.3, 0.4) is 0 Å². The summed E-state index contributed by atoms with van der Waals surface area (Å²) in [4.78, 5) is 22.4. The van der Waals surface area contributed by atoms with Crippen molar-refractivity contribution in [1.82, 2.24) is 5.32 Å². The van der Waals surface area contributed by atoms with Gasteiger partial charge in [0.15, 0.2) is 0 Å². The molecule has 3 rings (SSSR count). The first-order chi connectivity index (χ1) is 12.5. The largest absolute Gasteiger partial charge is 0.465 e. The van der Waals surface area contributed by atoms with Crippen LogP contribution in [-0.4, -0.2) is 19.0 Å². The summed E-state index contributed by atoms with van der Waals surface area (Å²) >= 11 is 3.26. The van der Waals surface area contributed by atoms with Crippen molar-refractivity contribution in [3.63, 3.8) is 0 Å². The lowest BCUT2D eigenvalue weighted by molar-refractivity contribution is 0.0599. The zero-order valence-electron chi connectivity index (χ0n) is 13.9. The minimum atomic E-state index is -0.420. The Morgan fingerprint density at radius 1 is 1.19 bits per heavy atom. The number of hydrogen-bond donors (Lipinski definition) is 1. The molecule has 2 aromatic carbocycles. The highest BCUT2D eigenvalue weighted by Crippen LogP contribution is 2.17. The van der Waals surface area contributed by atoms with Crippen LogP contribution in [0.4, 0.5) is 0 Å². The molecule has 1 amide bonds. The normalized spacial score (nSPS) is 11.2. The maximum Gasteiger partial charge on any atom is 0.338 e. The number of rotatable bonds is 2. The maximum absolute atomic E-state index is 11.3. The first kappa shape index (κ1) is 19.2. The number of esters is 1. The standard InChI is InChI=1S/C10H8BrNO2.C9H6N2O/c1-14-10(13)9-4-7(6-12)2-3-8(9)5-11;10-4-6-1-2-7-5-11-9(12)8(7)3-6/h2-4H,5H2,1H3;1-3H,5H2,(H,11,12). The van der Waals surface area contributed by atoms with E-state index in [9.17, 15) is 9.59 Å². The van der Waals surface area contributed by atoms with E-state index in [0.29, 0.717) is 34.1 Å². The van der Waals surface area contributed by atoms with Crippen LogP contribution in [0.2, 0.25) is 0 Å². The Morgan fingerprint density at radius 3 is 2.46 bits per heavy atom. The lowest BCUT2D eigenvalue weighted by Crippen LogP contribution is -2.12. The molecule has 0 fully saturated rings. The second-order valence-corrected chi connectivity index (χ2v) is 5.84. The van der Waals surface area contributed by atoms with Crippen LogP contribution in [0.1, 0.15) is 43.0 Å². The van der Waals surface area contributed by atoms with E-state index >= 15 is 0 Å². The highest BCUT2D eigenvalue weighted by Gasteiger charge is 2.18. The van der Waals surface area contributed by atoms with E-state index in [0.717, 1.165) is 11.1 Å². The van der Waals surface area contributed by atoms with E-state index < -0.39 is 5.97 Å². The summed E-state index contributed by atoms with van der Waals surface area (Å²) in [6.45, 7) is 0.583. The molecule has 0 aliphatic carbocycles. The Bertz CT molecular complexity index is 942. The van der Waals surface area contributed by atoms with Gasteiger partial charge in [-0.05, 0) is 35.4 Å². The van der Waals surface area contributed by atoms with Crippen LogP contribution in [0, 0.1) is 22.7 Å². The first-order valence-corrected chi connectivity index (χ1v) is 8.64. The van der Waals surface area contributed by atoms with Gasteiger partial charge in [0, 0.05) is 17.4 Å². The summed E-state index contributed by atoms with van der Waals surface area (Å²) in [5.74, 6) is -0.501. The zero-order chi connectivity index (χ0) is 19.1. The van der Waals surface area contributed by atoms with E-state index in [-0.39, 0.29) is 5.91 Å². The van der Waals surface area contributed by atoms with Crippen molar-refractivity contribution in [2.45, 2.75) is 11.9 Å². The Hall–Kier alpha value is -3.16. The van der Waals surface area contributed by atoms with Crippen molar-refractivity contribution in [2.75, 3.05) is 7.11 Å². The first-order valence-electron chi connectivity index (χ1n) is 7.52. The number of carbonyl (C=O) groups is 2. The molecule has 0 atom stereocenters. The molecule has 0 spiro atoms. The van der Waals surface area contributed by atoms with Gasteiger partial charge >= 0.3 is 5.97 Å². The predicted molar refractivity (Wildman–Crippen MR) is 97.5 cm³/mol. The van der Waals surface area contributed by atoms with Crippen LogP contribution in [-0.2, 0) is 16.6 Å². The van der Waals surface area contributed by atoms with Crippen LogP contribution >= 0.6 is 15.9 Å². The van der Waals surface area contributed by atoms with Crippen molar-refractivity contribution >= 4 is 27.8 Å². The third-order valence-electron chi connectivity index (χ3n) is 3.71. The number of alkyl halides is 1. The molecule has 130 valence electrons. The van der Waals surface area contributed by atoms with Gasteiger partial charge in [0.05, 0.1) is 35.9 Å². The predicted octanol–water partition coefficient (Wildman–Crippen LogP) is 3.04. The summed E-state index contributed by atoms with van der Waals surface area (Å²) in [7, 11) is 1.32. The number of carbonyl (C=O) groups excluding carboxylic acids is 2. The quantitative estimate of drug-likeness (QED) is 0.603. The van der Waals surface area contributed by atoms with Gasteiger partial charge in [-0.15, -0.1) is 0 Å². The van der Waals surface area contributed by atoms with E-state index in [2.05, 4.69) is 26.0 Å². The van der Waals surface area contributed by atoms with Crippen molar-refractivity contribution < 1.29 is 14.3 Å². The molecule has 7 heteroatoms. The van der Waals surface area contributed by atoms with Crippen LogP contribution in [0.25, 0.3) is 0 Å². The van der Waals surface area contributed by atoms with Gasteiger partial charge in [0.25, 0.3) is 5.91 Å². The molecule has 0 saturated heterocycles. The van der Waals surface area contributed by atoms with E-state index in [1.807, 2.05) is 18.2 Å². The number of hydrogen-bond acceptors (Lipinski definition) is 5. The third-order valence-corrected chi connectivity index (χ3v) is 4.32. The highest BCUT2D eigenvalue weighted by molar-refractivity contribution is 9.08. The van der Waals surface area contributed by atoms with E-state index in [1.165, 1.54) is 13.2 Å². The molecular weight excluding hydrogens is 398 g/mol. The molecule has 1 heterocycles. The average Bonchev–Trinajstić information content (AvgIpc) is 3.07. The maximum atomic E-state index is 11.3. The number of methoxy groups -OCH3 is 1. The molecule has 0 bridgehead atoms. The minimum absolute atomic E-state index is 0.0814. The van der Waals surface area contributed by atoms with Gasteiger partial charge < -0.3 is 10.1 Å². The van der Waals surface area contributed by atoms with Gasteiger partial charge in [-0.3, -0.25) is 4.79 Å². The molecule has 2 aromatic rings. The number of halogens is 1. The Morgan fingerprint density at radius 2 is 1.85 bits per heavy atom. The summed E-state index contributed by atoms with van der Waals surface area (Å²) in [6.07, 6.45) is 0. The van der Waals surface area contributed by atoms with Gasteiger partial charge in [0.2, 0.25) is 0 Å². The fraction of sp³-hybridized carbons (Fsp3) is 0.158. The second kappa shape index (κ2) is 8.80. The summed E-state index contributed by atoms with van der Waals surface area (Å²) in [5, 5.41) is 20.5. The molecule has 0 saturated carbocycles. The van der Waals surface area contributed by atoms with Gasteiger partial charge in [0.1, 0.15) is 0 Å². The Labute approximate surface area is 159 Å². The summed E-state index contributed by atoms with van der Waals surface area (Å²) in [6, 6.07) is 14.1. The van der Waals surface area contributed by atoms with E-state index in [1.54, 1.807) is 24.3 Å². The topological polar surface area (TPSA) is 103 Å². The minimum Gasteiger partial charge on any atom is -0.465 e. The van der Waals surface area contributed by atoms with Crippen molar-refractivity contribution in [3.05, 3.63) is 69.8 Å². The van der Waals surface area contributed by atoms with Crippen molar-refractivity contribution in [1.29, 1.82) is 10.5 Å². The molecular formula is C19H14BrN3O3.